The molecule has 0 radical (unpaired) electrons. The number of methoxy groups -OCH3 is 1. The van der Waals surface area contributed by atoms with Gasteiger partial charge in [-0.1, -0.05) is 0 Å². The average molecular weight is 267 g/mol. The second kappa shape index (κ2) is 7.03. The summed E-state index contributed by atoms with van der Waals surface area (Å²) in [5.74, 6) is 1.80. The smallest absolute Gasteiger partial charge is 0.108 e. The van der Waals surface area contributed by atoms with E-state index >= 15 is 0 Å². The van der Waals surface area contributed by atoms with Crippen molar-refractivity contribution in [1.82, 2.24) is 14.5 Å². The molecule has 2 rings (SSSR count). The Morgan fingerprint density at radius 1 is 1.58 bits per heavy atom. The number of hydrogen-bond acceptors (Lipinski definition) is 4. The number of nitrogens with zero attached hydrogens (tertiary/aromatic N) is 3. The van der Waals surface area contributed by atoms with E-state index in [0.29, 0.717) is 19.1 Å². The van der Waals surface area contributed by atoms with E-state index in [9.17, 15) is 5.11 Å². The molecule has 0 bridgehead atoms. The van der Waals surface area contributed by atoms with Gasteiger partial charge in [-0.15, -0.1) is 0 Å². The summed E-state index contributed by atoms with van der Waals surface area (Å²) < 4.78 is 7.08. The lowest BCUT2D eigenvalue weighted by Crippen LogP contribution is -2.42. The maximum atomic E-state index is 9.81. The van der Waals surface area contributed by atoms with E-state index in [-0.39, 0.29) is 6.10 Å². The van der Waals surface area contributed by atoms with Gasteiger partial charge in [0.25, 0.3) is 0 Å². The summed E-state index contributed by atoms with van der Waals surface area (Å²) in [5, 5.41) is 9.81. The van der Waals surface area contributed by atoms with Gasteiger partial charge in [-0.05, 0) is 25.3 Å². The van der Waals surface area contributed by atoms with Gasteiger partial charge in [0.2, 0.25) is 0 Å². The van der Waals surface area contributed by atoms with E-state index < -0.39 is 0 Å². The highest BCUT2D eigenvalue weighted by molar-refractivity contribution is 4.94. The topological polar surface area (TPSA) is 50.5 Å². The van der Waals surface area contributed by atoms with Crippen LogP contribution in [-0.2, 0) is 18.2 Å². The van der Waals surface area contributed by atoms with Gasteiger partial charge in [-0.2, -0.15) is 0 Å². The summed E-state index contributed by atoms with van der Waals surface area (Å²) >= 11 is 0. The van der Waals surface area contributed by atoms with Crippen LogP contribution in [0.5, 0.6) is 0 Å². The van der Waals surface area contributed by atoms with Crippen molar-refractivity contribution in [2.24, 2.45) is 13.0 Å². The minimum Gasteiger partial charge on any atom is -0.389 e. The summed E-state index contributed by atoms with van der Waals surface area (Å²) in [4.78, 5) is 6.75. The van der Waals surface area contributed by atoms with Crippen molar-refractivity contribution in [3.8, 4) is 0 Å². The standard InChI is InChI=1S/C14H25N3O2/c1-16-7-5-15-14(16)8-12-4-3-6-17(9-12)10-13(18)11-19-2/h5,7,12-13,18H,3-4,6,8-11H2,1-2H3/t12-,13-/m1/s1. The third kappa shape index (κ3) is 4.30. The Hall–Kier alpha value is -0.910. The van der Waals surface area contributed by atoms with Crippen LogP contribution in [0.1, 0.15) is 18.7 Å². The molecule has 1 aliphatic heterocycles. The Labute approximate surface area is 115 Å². The number of hydrogen-bond donors (Lipinski definition) is 1. The van der Waals surface area contributed by atoms with Crippen LogP contribution in [0.2, 0.25) is 0 Å². The van der Waals surface area contributed by atoms with Crippen LogP contribution in [-0.4, -0.2) is 59.0 Å². The van der Waals surface area contributed by atoms with E-state index in [1.165, 1.54) is 12.8 Å². The Morgan fingerprint density at radius 2 is 2.42 bits per heavy atom. The van der Waals surface area contributed by atoms with E-state index in [2.05, 4.69) is 14.5 Å². The molecule has 5 heteroatoms. The average Bonchev–Trinajstić information content (AvgIpc) is 2.76. The molecule has 1 N–H and O–H groups in total. The van der Waals surface area contributed by atoms with Gasteiger partial charge in [0.15, 0.2) is 0 Å². The molecular weight excluding hydrogens is 242 g/mol. The van der Waals surface area contributed by atoms with Gasteiger partial charge in [-0.25, -0.2) is 4.98 Å². The number of imidazole rings is 1. The Balaban J connectivity index is 1.82. The van der Waals surface area contributed by atoms with Crippen LogP contribution in [0.15, 0.2) is 12.4 Å². The maximum absolute atomic E-state index is 9.81. The van der Waals surface area contributed by atoms with Crippen molar-refractivity contribution >= 4 is 0 Å². The Kier molecular flexibility index (Phi) is 5.36. The summed E-state index contributed by atoms with van der Waals surface area (Å²) in [6.07, 6.45) is 6.96. The molecule has 2 atom stereocenters. The number of β-amino-alcohol motifs (C(OH)–C–C–N with tert-alkyl or cyclic N) is 1. The predicted molar refractivity (Wildman–Crippen MR) is 74.0 cm³/mol. The highest BCUT2D eigenvalue weighted by atomic mass is 16.5. The summed E-state index contributed by atoms with van der Waals surface area (Å²) in [6, 6.07) is 0. The minimum atomic E-state index is -0.378. The van der Waals surface area contributed by atoms with Crippen molar-refractivity contribution in [1.29, 1.82) is 0 Å². The molecule has 0 spiro atoms. The molecule has 0 amide bonds. The fourth-order valence-corrected chi connectivity index (χ4v) is 2.88. The third-order valence-electron chi connectivity index (χ3n) is 3.82. The zero-order valence-corrected chi connectivity index (χ0v) is 12.0. The first-order valence-electron chi connectivity index (χ1n) is 7.04. The third-order valence-corrected chi connectivity index (χ3v) is 3.82. The first-order valence-corrected chi connectivity index (χ1v) is 7.04. The molecule has 1 aromatic rings. The largest absolute Gasteiger partial charge is 0.389 e. The van der Waals surface area contributed by atoms with Gasteiger partial charge in [0, 0.05) is 46.1 Å². The number of aryl methyl sites for hydroxylation is 1. The normalized spacial score (nSPS) is 22.6. The quantitative estimate of drug-likeness (QED) is 0.823. The van der Waals surface area contributed by atoms with Gasteiger partial charge in [-0.3, -0.25) is 0 Å². The lowest BCUT2D eigenvalue weighted by Gasteiger charge is -2.33. The second-order valence-corrected chi connectivity index (χ2v) is 5.54. The van der Waals surface area contributed by atoms with Crippen LogP contribution in [0.3, 0.4) is 0 Å². The van der Waals surface area contributed by atoms with Gasteiger partial charge in [0.1, 0.15) is 5.82 Å². The highest BCUT2D eigenvalue weighted by Gasteiger charge is 2.22. The fraction of sp³-hybridized carbons (Fsp3) is 0.786. The number of aromatic nitrogens is 2. The van der Waals surface area contributed by atoms with Crippen LogP contribution >= 0.6 is 0 Å². The van der Waals surface area contributed by atoms with Crippen molar-refractivity contribution in [2.75, 3.05) is 33.4 Å². The molecule has 1 aliphatic rings. The lowest BCUT2D eigenvalue weighted by molar-refractivity contribution is 0.0269. The molecule has 0 aromatic carbocycles. The summed E-state index contributed by atoms with van der Waals surface area (Å²) in [5.41, 5.74) is 0. The van der Waals surface area contributed by atoms with E-state index in [0.717, 1.165) is 25.3 Å². The van der Waals surface area contributed by atoms with Crippen LogP contribution < -0.4 is 0 Å². The maximum Gasteiger partial charge on any atom is 0.108 e. The lowest BCUT2D eigenvalue weighted by atomic mass is 9.94. The van der Waals surface area contributed by atoms with Crippen molar-refractivity contribution < 1.29 is 9.84 Å². The molecule has 0 aliphatic carbocycles. The predicted octanol–water partition coefficient (Wildman–Crippen LogP) is 0.682. The van der Waals surface area contributed by atoms with Gasteiger partial charge >= 0.3 is 0 Å². The molecule has 5 nitrogen and oxygen atoms in total. The molecule has 0 saturated carbocycles. The number of aliphatic hydroxyl groups is 1. The summed E-state index contributed by atoms with van der Waals surface area (Å²) in [6.45, 7) is 3.26. The number of aliphatic hydroxyl groups excluding tert-OH is 1. The molecule has 1 saturated heterocycles. The number of rotatable bonds is 6. The molecule has 2 heterocycles. The first kappa shape index (κ1) is 14.5. The SMILES string of the molecule is COC[C@H](O)CN1CCC[C@H](Cc2nccn2C)C1. The van der Waals surface area contributed by atoms with Crippen molar-refractivity contribution in [3.05, 3.63) is 18.2 Å². The van der Waals surface area contributed by atoms with Crippen LogP contribution in [0, 0.1) is 5.92 Å². The van der Waals surface area contributed by atoms with Gasteiger partial charge < -0.3 is 19.3 Å². The van der Waals surface area contributed by atoms with Crippen molar-refractivity contribution in [3.63, 3.8) is 0 Å². The molecule has 108 valence electrons. The number of likely N-dealkylation sites (tertiary alicyclic amines) is 1. The second-order valence-electron chi connectivity index (χ2n) is 5.54. The monoisotopic (exact) mass is 267 g/mol. The molecule has 0 unspecified atom stereocenters. The molecule has 1 fully saturated rings. The van der Waals surface area contributed by atoms with Gasteiger partial charge in [0.05, 0.1) is 12.7 Å². The number of ether oxygens (including phenoxy) is 1. The zero-order valence-electron chi connectivity index (χ0n) is 12.0. The fourth-order valence-electron chi connectivity index (χ4n) is 2.88. The highest BCUT2D eigenvalue weighted by Crippen LogP contribution is 2.20. The van der Waals surface area contributed by atoms with E-state index in [1.54, 1.807) is 7.11 Å². The van der Waals surface area contributed by atoms with Crippen molar-refractivity contribution in [2.45, 2.75) is 25.4 Å². The Morgan fingerprint density at radius 3 is 3.11 bits per heavy atom. The summed E-state index contributed by atoms with van der Waals surface area (Å²) in [7, 11) is 3.68. The van der Waals surface area contributed by atoms with E-state index in [4.69, 9.17) is 4.74 Å². The van der Waals surface area contributed by atoms with Crippen LogP contribution in [0.25, 0.3) is 0 Å². The number of piperidine rings is 1. The molecule has 1 aromatic heterocycles. The van der Waals surface area contributed by atoms with Crippen LogP contribution in [0.4, 0.5) is 0 Å². The zero-order chi connectivity index (χ0) is 13.7. The molecular formula is C14H25N3O2. The van der Waals surface area contributed by atoms with E-state index in [1.807, 2.05) is 19.4 Å². The minimum absolute atomic E-state index is 0.378. The molecule has 19 heavy (non-hydrogen) atoms. The first-order chi connectivity index (χ1) is 9.19. The Bertz CT molecular complexity index is 381.